The topological polar surface area (TPSA) is 109 Å². The zero-order valence-electron chi connectivity index (χ0n) is 22.3. The maximum absolute atomic E-state index is 14.3. The quantitative estimate of drug-likeness (QED) is 0.310. The maximum atomic E-state index is 14.3. The van der Waals surface area contributed by atoms with Gasteiger partial charge in [0.25, 0.3) is 0 Å². The lowest BCUT2D eigenvalue weighted by Gasteiger charge is -2.39. The zero-order valence-corrected chi connectivity index (χ0v) is 22.3. The molecule has 0 aromatic rings. The molecular formula is C27H41N3O7. The molecule has 4 saturated heterocycles. The fraction of sp³-hybridized carbons (Fsp3) is 0.741. The van der Waals surface area contributed by atoms with Crippen molar-refractivity contribution in [3.63, 3.8) is 0 Å². The van der Waals surface area contributed by atoms with E-state index in [0.717, 1.165) is 13.1 Å². The van der Waals surface area contributed by atoms with Crippen molar-refractivity contribution in [3.05, 3.63) is 25.3 Å². The zero-order chi connectivity index (χ0) is 27.0. The molecule has 0 saturated carbocycles. The van der Waals surface area contributed by atoms with E-state index in [1.165, 1.54) is 11.0 Å². The summed E-state index contributed by atoms with van der Waals surface area (Å²) >= 11 is 0. The van der Waals surface area contributed by atoms with Crippen LogP contribution in [0.1, 0.15) is 27.2 Å². The Hall–Kier alpha value is -2.27. The Morgan fingerprint density at radius 1 is 1.30 bits per heavy atom. The van der Waals surface area contributed by atoms with Crippen molar-refractivity contribution in [1.82, 2.24) is 14.7 Å². The van der Waals surface area contributed by atoms with Gasteiger partial charge >= 0.3 is 5.97 Å². The second kappa shape index (κ2) is 10.8. The fourth-order valence-electron chi connectivity index (χ4n) is 6.81. The van der Waals surface area contributed by atoms with E-state index in [4.69, 9.17) is 14.2 Å². The fourth-order valence-corrected chi connectivity index (χ4v) is 6.81. The van der Waals surface area contributed by atoms with E-state index < -0.39 is 41.1 Å². The molecule has 4 rings (SSSR count). The van der Waals surface area contributed by atoms with Crippen molar-refractivity contribution in [3.8, 4) is 0 Å². The molecule has 10 heteroatoms. The van der Waals surface area contributed by atoms with Crippen LogP contribution in [-0.4, -0.2) is 120 Å². The molecule has 1 spiro atoms. The standard InChI is InChI=1S/C27H41N3O7/c1-6-8-29(10-9-28-11-14-35-15-12-28)24(33)22-27-16-18(3)26(5,37-27)21(25(34)36-13-7-2)20(27)23(32)30(22)19(4)17-31/h6-7,18-22,31H,1-2,8-17H2,3-5H3/t18?,19-,20+,21-,22?,26+,27?/m1/s1. The van der Waals surface area contributed by atoms with Gasteiger partial charge in [0.2, 0.25) is 11.8 Å². The van der Waals surface area contributed by atoms with Crippen molar-refractivity contribution in [2.24, 2.45) is 17.8 Å². The van der Waals surface area contributed by atoms with Crippen LogP contribution >= 0.6 is 0 Å². The van der Waals surface area contributed by atoms with Gasteiger partial charge < -0.3 is 29.1 Å². The van der Waals surface area contributed by atoms with Crippen molar-refractivity contribution < 1.29 is 33.7 Å². The summed E-state index contributed by atoms with van der Waals surface area (Å²) in [6.45, 7) is 17.1. The van der Waals surface area contributed by atoms with Crippen LogP contribution in [0.15, 0.2) is 25.3 Å². The maximum Gasteiger partial charge on any atom is 0.313 e. The van der Waals surface area contributed by atoms with E-state index in [1.54, 1.807) is 17.9 Å². The van der Waals surface area contributed by atoms with E-state index in [9.17, 15) is 19.5 Å². The van der Waals surface area contributed by atoms with Gasteiger partial charge in [-0.05, 0) is 26.2 Å². The monoisotopic (exact) mass is 519 g/mol. The highest BCUT2D eigenvalue weighted by molar-refractivity contribution is 5.98. The number of fused-ring (bicyclic) bond motifs is 1. The second-order valence-electron chi connectivity index (χ2n) is 10.9. The summed E-state index contributed by atoms with van der Waals surface area (Å²) < 4.78 is 17.5. The van der Waals surface area contributed by atoms with Crippen LogP contribution in [0.4, 0.5) is 0 Å². The van der Waals surface area contributed by atoms with E-state index in [0.29, 0.717) is 39.3 Å². The van der Waals surface area contributed by atoms with Crippen molar-refractivity contribution >= 4 is 17.8 Å². The van der Waals surface area contributed by atoms with Gasteiger partial charge in [0.15, 0.2) is 0 Å². The van der Waals surface area contributed by atoms with Crippen LogP contribution in [0.3, 0.4) is 0 Å². The highest BCUT2D eigenvalue weighted by Crippen LogP contribution is 2.65. The van der Waals surface area contributed by atoms with Crippen LogP contribution in [0.5, 0.6) is 0 Å². The molecule has 206 valence electrons. The molecule has 37 heavy (non-hydrogen) atoms. The third-order valence-electron chi connectivity index (χ3n) is 8.77. The van der Waals surface area contributed by atoms with Crippen LogP contribution in [0, 0.1) is 17.8 Å². The molecule has 4 aliphatic heterocycles. The number of rotatable bonds is 11. The van der Waals surface area contributed by atoms with E-state index >= 15 is 0 Å². The molecule has 10 nitrogen and oxygen atoms in total. The SMILES string of the molecule is C=CCOC(=O)[C@H]1[C@H]2C(=O)N([C@H](C)CO)C(C(=O)N(CC=C)CCN3CCOCC3)C23CC(C)[C@]1(C)O3. The van der Waals surface area contributed by atoms with Crippen LogP contribution in [-0.2, 0) is 28.6 Å². The number of hydrogen-bond donors (Lipinski definition) is 1. The average Bonchev–Trinajstić information content (AvgIpc) is 3.41. The molecule has 4 aliphatic rings. The minimum Gasteiger partial charge on any atom is -0.461 e. The van der Waals surface area contributed by atoms with Crippen LogP contribution < -0.4 is 0 Å². The smallest absolute Gasteiger partial charge is 0.313 e. The molecule has 0 aromatic carbocycles. The highest BCUT2D eigenvalue weighted by atomic mass is 16.6. The predicted octanol–water partition coefficient (Wildman–Crippen LogP) is 0.454. The summed E-state index contributed by atoms with van der Waals surface area (Å²) in [6.07, 6.45) is 3.62. The highest BCUT2D eigenvalue weighted by Gasteiger charge is 2.80. The number of aliphatic hydroxyl groups is 1. The van der Waals surface area contributed by atoms with E-state index in [2.05, 4.69) is 18.1 Å². The van der Waals surface area contributed by atoms with E-state index in [1.807, 2.05) is 13.8 Å². The third-order valence-corrected chi connectivity index (χ3v) is 8.77. The van der Waals surface area contributed by atoms with Gasteiger partial charge in [-0.25, -0.2) is 0 Å². The summed E-state index contributed by atoms with van der Waals surface area (Å²) in [6, 6.07) is -1.58. The first-order chi connectivity index (χ1) is 17.7. The van der Waals surface area contributed by atoms with Gasteiger partial charge in [0.05, 0.1) is 37.4 Å². The lowest BCUT2D eigenvalue weighted by atomic mass is 9.62. The minimum absolute atomic E-state index is 0.0292. The van der Waals surface area contributed by atoms with Gasteiger partial charge in [-0.3, -0.25) is 19.3 Å². The number of hydrogen-bond acceptors (Lipinski definition) is 8. The third kappa shape index (κ3) is 4.51. The van der Waals surface area contributed by atoms with Crippen molar-refractivity contribution in [1.29, 1.82) is 0 Å². The minimum atomic E-state index is -1.18. The number of esters is 1. The first kappa shape index (κ1) is 27.8. The Bertz CT molecular complexity index is 922. The van der Waals surface area contributed by atoms with E-state index in [-0.39, 0.29) is 30.9 Å². The summed E-state index contributed by atoms with van der Waals surface area (Å²) in [5.74, 6) is -2.91. The Morgan fingerprint density at radius 2 is 2.00 bits per heavy atom. The molecule has 7 atom stereocenters. The molecule has 0 aromatic heterocycles. The first-order valence-corrected chi connectivity index (χ1v) is 13.3. The number of aliphatic hydroxyl groups excluding tert-OH is 1. The van der Waals surface area contributed by atoms with Crippen molar-refractivity contribution in [2.75, 3.05) is 59.2 Å². The number of amides is 2. The summed E-state index contributed by atoms with van der Waals surface area (Å²) in [4.78, 5) is 47.0. The molecule has 3 unspecified atom stereocenters. The lowest BCUT2D eigenvalue weighted by molar-refractivity contribution is -0.162. The Kier molecular flexibility index (Phi) is 8.13. The molecule has 4 heterocycles. The Labute approximate surface area is 219 Å². The average molecular weight is 520 g/mol. The van der Waals surface area contributed by atoms with Gasteiger partial charge in [-0.15, -0.1) is 6.58 Å². The normalized spacial score (nSPS) is 35.8. The second-order valence-corrected chi connectivity index (χ2v) is 10.9. The number of nitrogens with zero attached hydrogens (tertiary/aromatic N) is 3. The Balaban J connectivity index is 1.69. The number of morpholine rings is 1. The van der Waals surface area contributed by atoms with Gasteiger partial charge in [0.1, 0.15) is 24.2 Å². The van der Waals surface area contributed by atoms with Gasteiger partial charge in [-0.2, -0.15) is 0 Å². The molecule has 1 N–H and O–H groups in total. The molecule has 4 fully saturated rings. The summed E-state index contributed by atoms with van der Waals surface area (Å²) in [5, 5.41) is 10.1. The largest absolute Gasteiger partial charge is 0.461 e. The number of carbonyl (C=O) groups excluding carboxylic acids is 3. The molecule has 2 bridgehead atoms. The number of ether oxygens (including phenoxy) is 3. The van der Waals surface area contributed by atoms with Gasteiger partial charge in [-0.1, -0.05) is 25.7 Å². The van der Waals surface area contributed by atoms with Crippen LogP contribution in [0.25, 0.3) is 0 Å². The molecule has 0 aliphatic carbocycles. The molecule has 0 radical (unpaired) electrons. The number of likely N-dealkylation sites (tertiary alicyclic amines) is 1. The summed E-state index contributed by atoms with van der Waals surface area (Å²) in [7, 11) is 0. The Morgan fingerprint density at radius 3 is 2.62 bits per heavy atom. The van der Waals surface area contributed by atoms with Crippen LogP contribution in [0.2, 0.25) is 0 Å². The molecular weight excluding hydrogens is 478 g/mol. The van der Waals surface area contributed by atoms with Crippen molar-refractivity contribution in [2.45, 2.75) is 50.5 Å². The summed E-state index contributed by atoms with van der Waals surface area (Å²) in [5.41, 5.74) is -2.12. The number of carbonyl (C=O) groups is 3. The molecule has 2 amide bonds. The predicted molar refractivity (Wildman–Crippen MR) is 135 cm³/mol. The first-order valence-electron chi connectivity index (χ1n) is 13.3. The van der Waals surface area contributed by atoms with Gasteiger partial charge in [0, 0.05) is 32.7 Å². The lowest BCUT2D eigenvalue weighted by Crippen LogP contribution is -2.59.